The van der Waals surface area contributed by atoms with Crippen LogP contribution in [0.15, 0.2) is 35.4 Å². The summed E-state index contributed by atoms with van der Waals surface area (Å²) >= 11 is 4.71. The van der Waals surface area contributed by atoms with Gasteiger partial charge in [0.15, 0.2) is 0 Å². The minimum atomic E-state index is 0.284. The molecule has 0 spiro atoms. The molecule has 0 radical (unpaired) electrons. The second kappa shape index (κ2) is 5.23. The van der Waals surface area contributed by atoms with Crippen LogP contribution in [0.1, 0.15) is 5.56 Å². The van der Waals surface area contributed by atoms with Crippen molar-refractivity contribution in [2.75, 3.05) is 0 Å². The lowest BCUT2D eigenvalue weighted by molar-refractivity contribution is 0.930. The van der Waals surface area contributed by atoms with Crippen LogP contribution in [0.2, 0.25) is 0 Å². The Bertz CT molecular complexity index is 296. The van der Waals surface area contributed by atoms with E-state index in [0.29, 0.717) is 0 Å². The largest absolute Gasteiger partial charge is 0.300 e. The fourth-order valence-corrected chi connectivity index (χ4v) is 0.790. The highest BCUT2D eigenvalue weighted by Crippen LogP contribution is 1.92. The smallest absolute Gasteiger partial charge is 0.201 e. The Labute approximate surface area is 81.8 Å². The van der Waals surface area contributed by atoms with E-state index >= 15 is 0 Å². The number of hydrogen-bond acceptors (Lipinski definition) is 3. The summed E-state index contributed by atoms with van der Waals surface area (Å²) in [5.74, 6) is 5.02. The Hall–Kier alpha value is -1.46. The first-order valence-corrected chi connectivity index (χ1v) is 4.08. The van der Waals surface area contributed by atoms with Crippen LogP contribution in [0, 0.1) is 0 Å². The van der Waals surface area contributed by atoms with Crippen molar-refractivity contribution >= 4 is 23.5 Å². The molecule has 0 amide bonds. The van der Waals surface area contributed by atoms with Crippen LogP contribution in [0.5, 0.6) is 0 Å². The number of hydrazine groups is 1. The SMILES string of the molecule is NNC(=S)N/N=C\c1ccccc1. The van der Waals surface area contributed by atoms with Crippen molar-refractivity contribution in [2.24, 2.45) is 10.9 Å². The third kappa shape index (κ3) is 3.64. The van der Waals surface area contributed by atoms with Crippen LogP contribution < -0.4 is 16.7 Å². The summed E-state index contributed by atoms with van der Waals surface area (Å²) in [5, 5.41) is 4.14. The fraction of sp³-hybridized carbons (Fsp3) is 0. The molecule has 1 aromatic carbocycles. The molecule has 1 rings (SSSR count). The van der Waals surface area contributed by atoms with Gasteiger partial charge in [-0.05, 0) is 17.8 Å². The highest BCUT2D eigenvalue weighted by molar-refractivity contribution is 7.80. The van der Waals surface area contributed by atoms with E-state index in [1.54, 1.807) is 6.21 Å². The van der Waals surface area contributed by atoms with E-state index in [-0.39, 0.29) is 5.11 Å². The number of hydrogen-bond donors (Lipinski definition) is 3. The van der Waals surface area contributed by atoms with Gasteiger partial charge in [-0.25, -0.2) is 5.84 Å². The van der Waals surface area contributed by atoms with E-state index in [2.05, 4.69) is 16.0 Å². The summed E-state index contributed by atoms with van der Waals surface area (Å²) in [6, 6.07) is 9.67. The highest BCUT2D eigenvalue weighted by Gasteiger charge is 1.85. The van der Waals surface area contributed by atoms with Gasteiger partial charge in [-0.3, -0.25) is 10.9 Å². The van der Waals surface area contributed by atoms with Gasteiger partial charge in [0.1, 0.15) is 0 Å². The molecule has 0 saturated heterocycles. The molecule has 0 heterocycles. The van der Waals surface area contributed by atoms with Gasteiger partial charge in [-0.1, -0.05) is 30.3 Å². The number of nitrogens with one attached hydrogen (secondary N) is 2. The lowest BCUT2D eigenvalue weighted by Crippen LogP contribution is -2.37. The maximum atomic E-state index is 5.02. The molecular formula is C8H10N4S. The second-order valence-electron chi connectivity index (χ2n) is 2.25. The van der Waals surface area contributed by atoms with E-state index in [1.165, 1.54) is 0 Å². The number of hydrazone groups is 1. The molecule has 0 saturated carbocycles. The molecule has 0 unspecified atom stereocenters. The van der Waals surface area contributed by atoms with Gasteiger partial charge in [0.05, 0.1) is 6.21 Å². The second-order valence-corrected chi connectivity index (χ2v) is 2.66. The van der Waals surface area contributed by atoms with Gasteiger partial charge in [0.2, 0.25) is 5.11 Å². The van der Waals surface area contributed by atoms with Crippen LogP contribution in [0.3, 0.4) is 0 Å². The summed E-state index contributed by atoms with van der Waals surface area (Å²) in [5.41, 5.74) is 5.80. The van der Waals surface area contributed by atoms with Crippen LogP contribution in [0.25, 0.3) is 0 Å². The molecule has 1 aromatic rings. The molecule has 4 N–H and O–H groups in total. The highest BCUT2D eigenvalue weighted by atomic mass is 32.1. The predicted molar refractivity (Wildman–Crippen MR) is 57.1 cm³/mol. The fourth-order valence-electron chi connectivity index (χ4n) is 0.737. The molecule has 5 heteroatoms. The van der Waals surface area contributed by atoms with Crippen molar-refractivity contribution in [3.05, 3.63) is 35.9 Å². The topological polar surface area (TPSA) is 62.4 Å². The van der Waals surface area contributed by atoms with E-state index in [1.807, 2.05) is 30.3 Å². The van der Waals surface area contributed by atoms with E-state index in [9.17, 15) is 0 Å². The van der Waals surface area contributed by atoms with Gasteiger partial charge in [-0.15, -0.1) is 0 Å². The molecule has 13 heavy (non-hydrogen) atoms. The summed E-state index contributed by atoms with van der Waals surface area (Å²) in [6.07, 6.45) is 1.66. The first kappa shape index (κ1) is 9.63. The number of benzene rings is 1. The number of nitrogens with zero attached hydrogens (tertiary/aromatic N) is 1. The zero-order chi connectivity index (χ0) is 9.52. The average molecular weight is 194 g/mol. The quantitative estimate of drug-likeness (QED) is 0.275. The minimum absolute atomic E-state index is 0.284. The maximum Gasteiger partial charge on any atom is 0.201 e. The lowest BCUT2D eigenvalue weighted by atomic mass is 10.2. The van der Waals surface area contributed by atoms with Crippen molar-refractivity contribution in [1.29, 1.82) is 0 Å². The molecule has 0 atom stereocenters. The van der Waals surface area contributed by atoms with Crippen molar-refractivity contribution in [2.45, 2.75) is 0 Å². The lowest BCUT2D eigenvalue weighted by Gasteiger charge is -1.98. The third-order valence-electron chi connectivity index (χ3n) is 1.31. The summed E-state index contributed by atoms with van der Waals surface area (Å²) in [4.78, 5) is 0. The summed E-state index contributed by atoms with van der Waals surface area (Å²) in [6.45, 7) is 0. The first-order chi connectivity index (χ1) is 6.33. The summed E-state index contributed by atoms with van der Waals surface area (Å²) < 4.78 is 0. The minimum Gasteiger partial charge on any atom is -0.300 e. The van der Waals surface area contributed by atoms with E-state index < -0.39 is 0 Å². The van der Waals surface area contributed by atoms with E-state index in [4.69, 9.17) is 18.1 Å². The number of thiocarbonyl (C=S) groups is 1. The van der Waals surface area contributed by atoms with Gasteiger partial charge < -0.3 is 0 Å². The number of rotatable bonds is 2. The molecule has 0 aliphatic carbocycles. The summed E-state index contributed by atoms with van der Waals surface area (Å²) in [7, 11) is 0. The Morgan fingerprint density at radius 2 is 2.08 bits per heavy atom. The van der Waals surface area contributed by atoms with Crippen LogP contribution >= 0.6 is 12.2 Å². The van der Waals surface area contributed by atoms with E-state index in [0.717, 1.165) is 5.56 Å². The molecular weight excluding hydrogens is 184 g/mol. The third-order valence-corrected chi connectivity index (χ3v) is 1.52. The van der Waals surface area contributed by atoms with Crippen molar-refractivity contribution < 1.29 is 0 Å². The van der Waals surface area contributed by atoms with Gasteiger partial charge in [0.25, 0.3) is 0 Å². The Morgan fingerprint density at radius 1 is 1.38 bits per heavy atom. The van der Waals surface area contributed by atoms with Crippen LogP contribution in [-0.2, 0) is 0 Å². The molecule has 0 fully saturated rings. The van der Waals surface area contributed by atoms with Gasteiger partial charge >= 0.3 is 0 Å². The maximum absolute atomic E-state index is 5.02. The molecule has 4 nitrogen and oxygen atoms in total. The van der Waals surface area contributed by atoms with Crippen molar-refractivity contribution in [3.63, 3.8) is 0 Å². The average Bonchev–Trinajstić information content (AvgIpc) is 2.19. The Balaban J connectivity index is 2.45. The van der Waals surface area contributed by atoms with Gasteiger partial charge in [-0.2, -0.15) is 5.10 Å². The normalized spacial score (nSPS) is 9.92. The number of nitrogens with two attached hydrogens (primary N) is 1. The van der Waals surface area contributed by atoms with Crippen molar-refractivity contribution in [3.8, 4) is 0 Å². The Kier molecular flexibility index (Phi) is 3.87. The zero-order valence-electron chi connectivity index (χ0n) is 6.90. The van der Waals surface area contributed by atoms with Crippen LogP contribution in [0.4, 0.5) is 0 Å². The predicted octanol–water partition coefficient (Wildman–Crippen LogP) is 0.358. The monoisotopic (exact) mass is 194 g/mol. The first-order valence-electron chi connectivity index (χ1n) is 3.67. The van der Waals surface area contributed by atoms with Gasteiger partial charge in [0, 0.05) is 0 Å². The molecule has 0 aliphatic heterocycles. The Morgan fingerprint density at radius 3 is 2.69 bits per heavy atom. The van der Waals surface area contributed by atoms with Crippen LogP contribution in [-0.4, -0.2) is 11.3 Å². The molecule has 0 bridgehead atoms. The van der Waals surface area contributed by atoms with Crippen molar-refractivity contribution in [1.82, 2.24) is 10.9 Å². The standard InChI is InChI=1S/C8H10N4S/c9-11-8(13)12-10-6-7-4-2-1-3-5-7/h1-6H,9H2,(H2,11,12,13)/b10-6-. The molecule has 0 aliphatic rings. The zero-order valence-corrected chi connectivity index (χ0v) is 7.71. The molecule has 68 valence electrons. The molecule has 0 aromatic heterocycles.